The van der Waals surface area contributed by atoms with E-state index in [1.165, 1.54) is 17.0 Å². The van der Waals surface area contributed by atoms with Gasteiger partial charge in [0.1, 0.15) is 5.82 Å². The molecule has 0 saturated carbocycles. The zero-order valence-electron chi connectivity index (χ0n) is 20.6. The van der Waals surface area contributed by atoms with Gasteiger partial charge in [0.15, 0.2) is 5.65 Å². The van der Waals surface area contributed by atoms with E-state index in [9.17, 15) is 23.1 Å². The number of hydrogen-bond donors (Lipinski definition) is 1. The normalized spacial score (nSPS) is 23.0. The first-order valence-electron chi connectivity index (χ1n) is 12.3. The van der Waals surface area contributed by atoms with Crippen LogP contribution in [0.5, 0.6) is 0 Å². The number of benzene rings is 1. The molecule has 7 nitrogen and oxygen atoms in total. The van der Waals surface area contributed by atoms with Crippen molar-refractivity contribution in [2.24, 2.45) is 5.92 Å². The number of hydrogen-bond acceptors (Lipinski definition) is 5. The van der Waals surface area contributed by atoms with Crippen molar-refractivity contribution in [1.29, 1.82) is 0 Å². The van der Waals surface area contributed by atoms with Crippen LogP contribution in [-0.4, -0.2) is 56.2 Å². The van der Waals surface area contributed by atoms with Gasteiger partial charge in [0.25, 0.3) is 5.91 Å². The predicted molar refractivity (Wildman–Crippen MR) is 129 cm³/mol. The minimum atomic E-state index is -4.62. The number of aliphatic hydroxyl groups excluding tert-OH is 1. The van der Waals surface area contributed by atoms with Gasteiger partial charge >= 0.3 is 6.18 Å². The van der Waals surface area contributed by atoms with Crippen LogP contribution in [0.2, 0.25) is 0 Å². The monoisotopic (exact) mass is 501 g/mol. The Morgan fingerprint density at radius 3 is 2.61 bits per heavy atom. The molecule has 36 heavy (non-hydrogen) atoms. The number of anilines is 1. The molecule has 0 bridgehead atoms. The molecule has 192 valence electrons. The minimum Gasteiger partial charge on any atom is -0.391 e. The first-order valence-corrected chi connectivity index (χ1v) is 12.3. The number of β-amino-alcohol motifs (C(OH)–C–C–N with tert-alkyl or cyclic N) is 1. The molecule has 3 atom stereocenters. The van der Waals surface area contributed by atoms with Crippen LogP contribution in [0.4, 0.5) is 19.0 Å². The summed E-state index contributed by atoms with van der Waals surface area (Å²) in [7, 11) is 0. The molecule has 0 spiro atoms. The van der Waals surface area contributed by atoms with Gasteiger partial charge in [-0.3, -0.25) is 4.79 Å². The van der Waals surface area contributed by atoms with Crippen LogP contribution in [0.25, 0.3) is 5.65 Å². The number of halogens is 3. The number of likely N-dealkylation sites (tertiary alicyclic amines) is 1. The van der Waals surface area contributed by atoms with Gasteiger partial charge in [-0.1, -0.05) is 18.6 Å². The Labute approximate surface area is 207 Å². The van der Waals surface area contributed by atoms with E-state index in [0.717, 1.165) is 30.3 Å². The molecule has 0 aliphatic carbocycles. The highest BCUT2D eigenvalue weighted by atomic mass is 19.4. The number of amides is 1. The SMILES string of the molecule is Cc1ccc(C(F)(F)F)c(C(=O)N2CCCCC2c2cc3nc(N4CC(C)C(O)C4)c(C)cn3n2)c1. The van der Waals surface area contributed by atoms with E-state index in [1.807, 2.05) is 26.1 Å². The summed E-state index contributed by atoms with van der Waals surface area (Å²) >= 11 is 0. The van der Waals surface area contributed by atoms with Crippen molar-refractivity contribution in [3.8, 4) is 0 Å². The molecule has 1 amide bonds. The Hall–Kier alpha value is -3.14. The molecule has 10 heteroatoms. The molecule has 5 rings (SSSR count). The van der Waals surface area contributed by atoms with E-state index in [1.54, 1.807) is 11.4 Å². The fourth-order valence-corrected chi connectivity index (χ4v) is 5.34. The Kier molecular flexibility index (Phi) is 6.18. The number of aryl methyl sites for hydroxylation is 2. The fourth-order valence-electron chi connectivity index (χ4n) is 5.34. The summed E-state index contributed by atoms with van der Waals surface area (Å²) in [6, 6.07) is 5.06. The number of alkyl halides is 3. The van der Waals surface area contributed by atoms with Gasteiger partial charge in [0, 0.05) is 43.4 Å². The van der Waals surface area contributed by atoms with E-state index in [0.29, 0.717) is 43.0 Å². The smallest absolute Gasteiger partial charge is 0.391 e. The minimum absolute atomic E-state index is 0.146. The number of carbonyl (C=O) groups is 1. The number of piperidine rings is 1. The average Bonchev–Trinajstić information content (AvgIpc) is 3.39. The summed E-state index contributed by atoms with van der Waals surface area (Å²) in [5.41, 5.74) is 1.48. The lowest BCUT2D eigenvalue weighted by Crippen LogP contribution is -2.39. The average molecular weight is 502 g/mol. The lowest BCUT2D eigenvalue weighted by Gasteiger charge is -2.35. The molecule has 2 aromatic heterocycles. The molecule has 2 aliphatic heterocycles. The van der Waals surface area contributed by atoms with Crippen LogP contribution in [0.1, 0.15) is 65.0 Å². The van der Waals surface area contributed by atoms with Gasteiger partial charge in [-0.2, -0.15) is 18.3 Å². The summed E-state index contributed by atoms with van der Waals surface area (Å²) in [5, 5.41) is 14.9. The van der Waals surface area contributed by atoms with E-state index < -0.39 is 29.8 Å². The van der Waals surface area contributed by atoms with Crippen molar-refractivity contribution in [3.05, 3.63) is 58.4 Å². The molecule has 1 N–H and O–H groups in total. The zero-order chi connectivity index (χ0) is 25.8. The number of rotatable bonds is 3. The number of aliphatic hydroxyl groups is 1. The maximum atomic E-state index is 13.7. The highest BCUT2D eigenvalue weighted by Gasteiger charge is 2.39. The van der Waals surface area contributed by atoms with Gasteiger partial charge in [-0.15, -0.1) is 0 Å². The second-order valence-electron chi connectivity index (χ2n) is 10.1. The van der Waals surface area contributed by atoms with Crippen molar-refractivity contribution in [3.63, 3.8) is 0 Å². The molecule has 0 radical (unpaired) electrons. The van der Waals surface area contributed by atoms with Gasteiger partial charge in [0.05, 0.1) is 29.0 Å². The lowest BCUT2D eigenvalue weighted by molar-refractivity contribution is -0.138. The standard InChI is InChI=1S/C26H30F3N5O2/c1-15-7-8-19(26(27,28)29)18(10-15)25(36)33-9-5-4-6-21(33)20-11-23-30-24(17(3)13-34(23)31-20)32-12-16(2)22(35)14-32/h7-8,10-11,13,16,21-22,35H,4-6,9,12,14H2,1-3H3. The van der Waals surface area contributed by atoms with Crippen LogP contribution in [-0.2, 0) is 6.18 Å². The number of carbonyl (C=O) groups excluding carboxylic acids is 1. The number of nitrogens with zero attached hydrogens (tertiary/aromatic N) is 5. The summed E-state index contributed by atoms with van der Waals surface area (Å²) in [4.78, 5) is 21.9. The molecule has 3 unspecified atom stereocenters. The highest BCUT2D eigenvalue weighted by Crippen LogP contribution is 2.37. The van der Waals surface area contributed by atoms with Crippen LogP contribution in [0, 0.1) is 19.8 Å². The molecular weight excluding hydrogens is 471 g/mol. The van der Waals surface area contributed by atoms with Crippen LogP contribution >= 0.6 is 0 Å². The summed E-state index contributed by atoms with van der Waals surface area (Å²) < 4.78 is 42.8. The Balaban J connectivity index is 1.49. The zero-order valence-corrected chi connectivity index (χ0v) is 20.6. The molecule has 2 aliphatic rings. The van der Waals surface area contributed by atoms with Crippen molar-refractivity contribution in [2.45, 2.75) is 58.4 Å². The molecule has 3 aromatic rings. The maximum Gasteiger partial charge on any atom is 0.417 e. The van der Waals surface area contributed by atoms with Crippen LogP contribution in [0.3, 0.4) is 0 Å². The molecule has 2 fully saturated rings. The first kappa shape index (κ1) is 24.5. The second kappa shape index (κ2) is 9.06. The second-order valence-corrected chi connectivity index (χ2v) is 10.1. The topological polar surface area (TPSA) is 74.0 Å². The lowest BCUT2D eigenvalue weighted by atomic mass is 9.96. The van der Waals surface area contributed by atoms with Gasteiger partial charge in [-0.25, -0.2) is 9.50 Å². The number of aromatic nitrogens is 3. The van der Waals surface area contributed by atoms with Gasteiger partial charge in [-0.05, 0) is 45.2 Å². The number of fused-ring (bicyclic) bond motifs is 1. The van der Waals surface area contributed by atoms with Gasteiger partial charge in [0.2, 0.25) is 0 Å². The molecule has 2 saturated heterocycles. The largest absolute Gasteiger partial charge is 0.417 e. The third-order valence-corrected chi connectivity index (χ3v) is 7.31. The van der Waals surface area contributed by atoms with E-state index in [2.05, 4.69) is 10.00 Å². The van der Waals surface area contributed by atoms with Crippen molar-refractivity contribution in [1.82, 2.24) is 19.5 Å². The van der Waals surface area contributed by atoms with Crippen LogP contribution < -0.4 is 4.90 Å². The van der Waals surface area contributed by atoms with Crippen LogP contribution in [0.15, 0.2) is 30.5 Å². The van der Waals surface area contributed by atoms with E-state index in [4.69, 9.17) is 4.98 Å². The van der Waals surface area contributed by atoms with E-state index >= 15 is 0 Å². The summed E-state index contributed by atoms with van der Waals surface area (Å²) in [6.45, 7) is 7.19. The quantitative estimate of drug-likeness (QED) is 0.570. The summed E-state index contributed by atoms with van der Waals surface area (Å²) in [5.74, 6) is 0.300. The first-order chi connectivity index (χ1) is 17.0. The third kappa shape index (κ3) is 4.42. The molecule has 4 heterocycles. The van der Waals surface area contributed by atoms with E-state index in [-0.39, 0.29) is 11.5 Å². The predicted octanol–water partition coefficient (Wildman–Crippen LogP) is 4.55. The molecule has 1 aromatic carbocycles. The maximum absolute atomic E-state index is 13.7. The van der Waals surface area contributed by atoms with Crippen molar-refractivity contribution in [2.75, 3.05) is 24.5 Å². The Bertz CT molecular complexity index is 1290. The summed E-state index contributed by atoms with van der Waals surface area (Å²) in [6.07, 6.45) is -0.972. The third-order valence-electron chi connectivity index (χ3n) is 7.31. The molecular formula is C26H30F3N5O2. The highest BCUT2D eigenvalue weighted by molar-refractivity contribution is 5.96. The fraction of sp³-hybridized carbons (Fsp3) is 0.500. The Morgan fingerprint density at radius 1 is 1.14 bits per heavy atom. The Morgan fingerprint density at radius 2 is 1.92 bits per heavy atom. The van der Waals surface area contributed by atoms with Gasteiger partial charge < -0.3 is 14.9 Å². The van der Waals surface area contributed by atoms with Crippen molar-refractivity contribution < 1.29 is 23.1 Å². The van der Waals surface area contributed by atoms with Crippen molar-refractivity contribution >= 4 is 17.4 Å².